The lowest BCUT2D eigenvalue weighted by atomic mass is 10.1. The number of aromatic amines is 2. The first-order valence-corrected chi connectivity index (χ1v) is 10.2. The van der Waals surface area contributed by atoms with Crippen molar-refractivity contribution in [1.29, 1.82) is 0 Å². The zero-order chi connectivity index (χ0) is 21.0. The highest BCUT2D eigenvalue weighted by molar-refractivity contribution is 5.87. The van der Waals surface area contributed by atoms with Crippen LogP contribution < -0.4 is 15.5 Å². The number of tetrazole rings is 1. The maximum absolute atomic E-state index is 12.6. The van der Waals surface area contributed by atoms with Crippen molar-refractivity contribution in [3.8, 4) is 11.4 Å². The summed E-state index contributed by atoms with van der Waals surface area (Å²) >= 11 is 0. The number of aromatic nitrogens is 7. The third-order valence-electron chi connectivity index (χ3n) is 5.35. The summed E-state index contributed by atoms with van der Waals surface area (Å²) in [6, 6.07) is 9.65. The summed E-state index contributed by atoms with van der Waals surface area (Å²) in [5.41, 5.74) is 2.49. The molecule has 3 aromatic heterocycles. The van der Waals surface area contributed by atoms with E-state index in [1.807, 2.05) is 36.5 Å². The lowest BCUT2D eigenvalue weighted by Crippen LogP contribution is -2.49. The highest BCUT2D eigenvalue weighted by atomic mass is 16.2. The van der Waals surface area contributed by atoms with E-state index in [9.17, 15) is 4.79 Å². The van der Waals surface area contributed by atoms with E-state index in [1.165, 1.54) is 0 Å². The van der Waals surface area contributed by atoms with Crippen LogP contribution in [-0.2, 0) is 4.79 Å². The van der Waals surface area contributed by atoms with Gasteiger partial charge in [-0.3, -0.25) is 4.79 Å². The van der Waals surface area contributed by atoms with Gasteiger partial charge in [0.25, 0.3) is 0 Å². The molecular weight excluding hydrogens is 396 g/mol. The number of benzene rings is 1. The number of amides is 1. The maximum atomic E-state index is 12.6. The number of hydrogen-bond donors (Lipinski definition) is 4. The predicted octanol–water partition coefficient (Wildman–Crippen LogP) is 1.34. The molecule has 1 atom stereocenters. The monoisotopic (exact) mass is 418 g/mol. The number of piperidine rings is 1. The van der Waals surface area contributed by atoms with Gasteiger partial charge in [0, 0.05) is 36.6 Å². The van der Waals surface area contributed by atoms with Gasteiger partial charge in [0.15, 0.2) is 5.82 Å². The molecule has 0 bridgehead atoms. The van der Waals surface area contributed by atoms with Crippen LogP contribution in [-0.4, -0.2) is 67.2 Å². The Morgan fingerprint density at radius 1 is 1.26 bits per heavy atom. The van der Waals surface area contributed by atoms with Crippen LogP contribution in [0.3, 0.4) is 0 Å². The van der Waals surface area contributed by atoms with E-state index in [2.05, 4.69) is 51.1 Å². The minimum absolute atomic E-state index is 0.0481. The first kappa shape index (κ1) is 19.0. The number of fused-ring (bicyclic) bond motifs is 1. The Hall–Kier alpha value is -4.02. The molecule has 5 rings (SSSR count). The predicted molar refractivity (Wildman–Crippen MR) is 115 cm³/mol. The molecule has 0 radical (unpaired) electrons. The van der Waals surface area contributed by atoms with E-state index in [0.29, 0.717) is 5.82 Å². The van der Waals surface area contributed by atoms with Gasteiger partial charge >= 0.3 is 0 Å². The molecule has 0 saturated carbocycles. The molecule has 4 aromatic rings. The van der Waals surface area contributed by atoms with Gasteiger partial charge in [-0.05, 0) is 41.5 Å². The fourth-order valence-corrected chi connectivity index (χ4v) is 3.92. The summed E-state index contributed by atoms with van der Waals surface area (Å²) in [6.07, 6.45) is 5.37. The van der Waals surface area contributed by atoms with Crippen LogP contribution in [0.1, 0.15) is 12.8 Å². The van der Waals surface area contributed by atoms with Gasteiger partial charge in [-0.15, -0.1) is 5.10 Å². The molecule has 0 unspecified atom stereocenters. The minimum atomic E-state index is -0.0481. The zero-order valence-corrected chi connectivity index (χ0v) is 16.7. The van der Waals surface area contributed by atoms with Gasteiger partial charge in [-0.1, -0.05) is 12.1 Å². The van der Waals surface area contributed by atoms with E-state index in [4.69, 9.17) is 0 Å². The molecule has 1 aromatic carbocycles. The first-order valence-electron chi connectivity index (χ1n) is 10.2. The van der Waals surface area contributed by atoms with Crippen molar-refractivity contribution in [3.63, 3.8) is 0 Å². The smallest absolute Gasteiger partial charge is 0.239 e. The van der Waals surface area contributed by atoms with Gasteiger partial charge < -0.3 is 20.5 Å². The number of carbonyl (C=O) groups excluding carboxylic acids is 1. The molecule has 1 aliphatic heterocycles. The topological polar surface area (TPSA) is 140 Å². The van der Waals surface area contributed by atoms with Crippen molar-refractivity contribution in [2.45, 2.75) is 18.9 Å². The molecule has 31 heavy (non-hydrogen) atoms. The number of anilines is 2. The van der Waals surface area contributed by atoms with E-state index < -0.39 is 0 Å². The third kappa shape index (κ3) is 4.15. The average Bonchev–Trinajstić information content (AvgIpc) is 3.50. The standard InChI is InChI=1S/C20H22N10O/c31-17(10-22-14-4-1-3-13(9-14)18-26-28-29-27-18)25-15-5-2-8-30(11-15)20-16-6-7-21-19(16)23-12-24-20/h1,3-4,6-7,9,12,15,22H,2,5,8,10-11H2,(H,25,31)(H,21,23,24)(H,26,27,28,29)/t15-/m1/s1. The van der Waals surface area contributed by atoms with Gasteiger partial charge in [-0.2, -0.15) is 0 Å². The number of rotatable bonds is 6. The summed E-state index contributed by atoms with van der Waals surface area (Å²) in [6.45, 7) is 1.81. The van der Waals surface area contributed by atoms with Gasteiger partial charge in [-0.25, -0.2) is 15.1 Å². The van der Waals surface area contributed by atoms with Gasteiger partial charge in [0.2, 0.25) is 5.91 Å². The van der Waals surface area contributed by atoms with Crippen LogP contribution in [0.15, 0.2) is 42.9 Å². The largest absolute Gasteiger partial charge is 0.376 e. The minimum Gasteiger partial charge on any atom is -0.376 e. The quantitative estimate of drug-likeness (QED) is 0.368. The normalized spacial score (nSPS) is 16.4. The molecule has 4 heterocycles. The molecule has 1 fully saturated rings. The van der Waals surface area contributed by atoms with Crippen molar-refractivity contribution in [2.24, 2.45) is 0 Å². The van der Waals surface area contributed by atoms with Crippen molar-refractivity contribution in [2.75, 3.05) is 29.9 Å². The number of hydrogen-bond acceptors (Lipinski definition) is 8. The Kier molecular flexibility index (Phi) is 5.13. The fourth-order valence-electron chi connectivity index (χ4n) is 3.92. The highest BCUT2D eigenvalue weighted by Gasteiger charge is 2.23. The van der Waals surface area contributed by atoms with Crippen LogP contribution in [0.5, 0.6) is 0 Å². The van der Waals surface area contributed by atoms with Crippen LogP contribution in [0.4, 0.5) is 11.5 Å². The molecule has 0 spiro atoms. The molecule has 1 saturated heterocycles. The number of nitrogens with one attached hydrogen (secondary N) is 4. The van der Waals surface area contributed by atoms with Gasteiger partial charge in [0.05, 0.1) is 11.9 Å². The SMILES string of the molecule is O=C(CNc1cccc(-c2nnn[nH]2)c1)N[C@@H]1CCCN(c2ncnc3[nH]ccc23)C1. The first-order chi connectivity index (χ1) is 15.3. The Morgan fingerprint density at radius 3 is 3.13 bits per heavy atom. The van der Waals surface area contributed by atoms with Crippen molar-refractivity contribution >= 4 is 28.4 Å². The molecule has 1 amide bonds. The Balaban J connectivity index is 1.18. The molecule has 158 valence electrons. The lowest BCUT2D eigenvalue weighted by molar-refractivity contribution is -0.120. The van der Waals surface area contributed by atoms with Crippen LogP contribution >= 0.6 is 0 Å². The summed E-state index contributed by atoms with van der Waals surface area (Å²) in [5, 5.41) is 21.1. The average molecular weight is 418 g/mol. The zero-order valence-electron chi connectivity index (χ0n) is 16.7. The van der Waals surface area contributed by atoms with Crippen molar-refractivity contribution in [1.82, 2.24) is 40.9 Å². The number of carbonyl (C=O) groups is 1. The molecule has 11 nitrogen and oxygen atoms in total. The Morgan fingerprint density at radius 2 is 2.23 bits per heavy atom. The second kappa shape index (κ2) is 8.38. The van der Waals surface area contributed by atoms with E-state index >= 15 is 0 Å². The summed E-state index contributed by atoms with van der Waals surface area (Å²) < 4.78 is 0. The van der Waals surface area contributed by atoms with Crippen LogP contribution in [0.25, 0.3) is 22.4 Å². The summed E-state index contributed by atoms with van der Waals surface area (Å²) in [5.74, 6) is 1.44. The number of H-pyrrole nitrogens is 2. The fraction of sp³-hybridized carbons (Fsp3) is 0.300. The maximum Gasteiger partial charge on any atom is 0.239 e. The lowest BCUT2D eigenvalue weighted by Gasteiger charge is -2.34. The van der Waals surface area contributed by atoms with Crippen LogP contribution in [0.2, 0.25) is 0 Å². The van der Waals surface area contributed by atoms with E-state index in [1.54, 1.807) is 6.33 Å². The molecule has 0 aliphatic carbocycles. The molecule has 4 N–H and O–H groups in total. The van der Waals surface area contributed by atoms with E-state index in [0.717, 1.165) is 54.0 Å². The van der Waals surface area contributed by atoms with Gasteiger partial charge in [0.1, 0.15) is 17.8 Å². The van der Waals surface area contributed by atoms with Crippen molar-refractivity contribution in [3.05, 3.63) is 42.9 Å². The molecule has 11 heteroatoms. The van der Waals surface area contributed by atoms with Crippen LogP contribution in [0, 0.1) is 0 Å². The summed E-state index contributed by atoms with van der Waals surface area (Å²) in [4.78, 5) is 26.6. The highest BCUT2D eigenvalue weighted by Crippen LogP contribution is 2.25. The Labute approximate surface area is 177 Å². The summed E-state index contributed by atoms with van der Waals surface area (Å²) in [7, 11) is 0. The Bertz CT molecular complexity index is 1170. The third-order valence-corrected chi connectivity index (χ3v) is 5.35. The van der Waals surface area contributed by atoms with E-state index in [-0.39, 0.29) is 18.5 Å². The number of nitrogens with zero attached hydrogens (tertiary/aromatic N) is 6. The molecular formula is C20H22N10O. The second-order valence-corrected chi connectivity index (χ2v) is 7.47. The molecule has 1 aliphatic rings. The second-order valence-electron chi connectivity index (χ2n) is 7.47. The van der Waals surface area contributed by atoms with Crippen molar-refractivity contribution < 1.29 is 4.79 Å².